The van der Waals surface area contributed by atoms with Crippen LogP contribution in [-0.4, -0.2) is 73.0 Å². The van der Waals surface area contributed by atoms with E-state index in [0.29, 0.717) is 13.1 Å². The summed E-state index contributed by atoms with van der Waals surface area (Å²) in [6, 6.07) is 3.75. The zero-order chi connectivity index (χ0) is 18.8. The quantitative estimate of drug-likeness (QED) is 0.504. The van der Waals surface area contributed by atoms with Crippen LogP contribution in [0, 0.1) is 0 Å². The lowest BCUT2D eigenvalue weighted by Crippen LogP contribution is -2.62. The van der Waals surface area contributed by atoms with Gasteiger partial charge in [-0.25, -0.2) is 18.9 Å². The van der Waals surface area contributed by atoms with E-state index in [0.717, 1.165) is 10.3 Å². The van der Waals surface area contributed by atoms with Crippen molar-refractivity contribution in [1.82, 2.24) is 14.8 Å². The lowest BCUT2D eigenvalue weighted by molar-refractivity contribution is -0.134. The first-order valence-corrected chi connectivity index (χ1v) is 10.5. The molecule has 26 heavy (non-hydrogen) atoms. The first kappa shape index (κ1) is 19.5. The number of pyridine rings is 1. The first-order valence-electron chi connectivity index (χ1n) is 8.29. The number of hydrogen-bond donors (Lipinski definition) is 2. The van der Waals surface area contributed by atoms with Gasteiger partial charge in [-0.1, -0.05) is 0 Å². The van der Waals surface area contributed by atoms with Crippen molar-refractivity contribution in [3.8, 4) is 0 Å². The lowest BCUT2D eigenvalue weighted by atomic mass is 9.98. The number of nitrogens with one attached hydrogen (secondary N) is 1. The van der Waals surface area contributed by atoms with E-state index in [-0.39, 0.29) is 39.1 Å². The molecule has 3 heterocycles. The molecule has 1 aromatic heterocycles. The van der Waals surface area contributed by atoms with Gasteiger partial charge in [0, 0.05) is 62.9 Å². The highest BCUT2D eigenvalue weighted by molar-refractivity contribution is 9.10. The molecule has 0 radical (unpaired) electrons. The highest BCUT2D eigenvalue weighted by Crippen LogP contribution is 2.33. The van der Waals surface area contributed by atoms with Gasteiger partial charge in [0.15, 0.2) is 4.75 Å². The maximum atomic E-state index is 13.2. The number of anilines is 1. The van der Waals surface area contributed by atoms with Crippen LogP contribution in [0.3, 0.4) is 0 Å². The molecule has 2 saturated heterocycles. The molecular weight excluding hydrogens is 428 g/mol. The molecule has 0 aliphatic carbocycles. The van der Waals surface area contributed by atoms with Gasteiger partial charge in [-0.05, 0) is 28.1 Å². The van der Waals surface area contributed by atoms with E-state index < -0.39 is 20.7 Å². The van der Waals surface area contributed by atoms with Crippen molar-refractivity contribution in [3.63, 3.8) is 0 Å². The Labute approximate surface area is 160 Å². The smallest absolute Gasteiger partial charge is 0.266 e. The summed E-state index contributed by atoms with van der Waals surface area (Å²) < 4.78 is 32.2. The number of piperazine rings is 1. The van der Waals surface area contributed by atoms with Gasteiger partial charge in [-0.15, -0.1) is 0 Å². The molecule has 0 bridgehead atoms. The Morgan fingerprint density at radius 2 is 1.88 bits per heavy atom. The number of hydroxylamine groups is 1. The topological polar surface area (TPSA) is 112 Å². The summed E-state index contributed by atoms with van der Waals surface area (Å²) in [6.07, 6.45) is 1.74. The second-order valence-corrected chi connectivity index (χ2v) is 9.44. The number of carbonyl (C=O) groups is 1. The molecule has 9 nitrogen and oxygen atoms in total. The SMILES string of the molecule is O=C(NO)C1(S(=O)(=O)N2CCN(c3ccc(Br)cn3)CC2)CCOCC1. The van der Waals surface area contributed by atoms with Gasteiger partial charge < -0.3 is 9.64 Å². The zero-order valence-electron chi connectivity index (χ0n) is 14.1. The van der Waals surface area contributed by atoms with E-state index in [1.54, 1.807) is 6.20 Å². The van der Waals surface area contributed by atoms with Crippen LogP contribution in [0.4, 0.5) is 5.82 Å². The summed E-state index contributed by atoms with van der Waals surface area (Å²) in [7, 11) is -3.94. The van der Waals surface area contributed by atoms with Gasteiger partial charge in [-0.2, -0.15) is 4.31 Å². The molecule has 0 unspecified atom stereocenters. The van der Waals surface area contributed by atoms with Gasteiger partial charge in [0.05, 0.1) is 0 Å². The van der Waals surface area contributed by atoms with Crippen molar-refractivity contribution < 1.29 is 23.2 Å². The molecule has 1 amide bonds. The molecule has 11 heteroatoms. The number of aromatic nitrogens is 1. The molecule has 1 aromatic rings. The number of nitrogens with zero attached hydrogens (tertiary/aromatic N) is 3. The van der Waals surface area contributed by atoms with Crippen molar-refractivity contribution in [2.75, 3.05) is 44.3 Å². The maximum absolute atomic E-state index is 13.2. The van der Waals surface area contributed by atoms with E-state index in [1.807, 2.05) is 17.0 Å². The van der Waals surface area contributed by atoms with Crippen LogP contribution in [-0.2, 0) is 19.6 Å². The largest absolute Gasteiger partial charge is 0.381 e. The molecule has 0 saturated carbocycles. The summed E-state index contributed by atoms with van der Waals surface area (Å²) in [6.45, 7) is 1.77. The van der Waals surface area contributed by atoms with E-state index in [4.69, 9.17) is 9.94 Å². The minimum absolute atomic E-state index is 0.0240. The summed E-state index contributed by atoms with van der Waals surface area (Å²) in [5, 5.41) is 9.08. The van der Waals surface area contributed by atoms with Gasteiger partial charge in [0.2, 0.25) is 10.0 Å². The standard InChI is InChI=1S/C15H21BrN4O5S/c16-12-1-2-13(17-11-12)19-5-7-20(8-6-19)26(23,24)15(14(21)18-22)3-9-25-10-4-15/h1-2,11,22H,3-10H2,(H,18,21). The molecule has 144 valence electrons. The van der Waals surface area contributed by atoms with Gasteiger partial charge in [0.25, 0.3) is 5.91 Å². The highest BCUT2D eigenvalue weighted by atomic mass is 79.9. The van der Waals surface area contributed by atoms with Crippen molar-refractivity contribution in [1.29, 1.82) is 0 Å². The minimum Gasteiger partial charge on any atom is -0.381 e. The number of ether oxygens (including phenoxy) is 1. The van der Waals surface area contributed by atoms with E-state index in [9.17, 15) is 13.2 Å². The number of rotatable bonds is 4. The van der Waals surface area contributed by atoms with Crippen molar-refractivity contribution >= 4 is 37.7 Å². The lowest BCUT2D eigenvalue weighted by Gasteiger charge is -2.41. The predicted molar refractivity (Wildman–Crippen MR) is 97.4 cm³/mol. The van der Waals surface area contributed by atoms with Gasteiger partial charge >= 0.3 is 0 Å². The van der Waals surface area contributed by atoms with Gasteiger partial charge in [0.1, 0.15) is 5.82 Å². The van der Waals surface area contributed by atoms with E-state index >= 15 is 0 Å². The Balaban J connectivity index is 1.76. The third kappa shape index (κ3) is 3.46. The average molecular weight is 449 g/mol. The Morgan fingerprint density at radius 3 is 2.42 bits per heavy atom. The predicted octanol–water partition coefficient (Wildman–Crippen LogP) is 0.350. The third-order valence-corrected chi connectivity index (χ3v) is 8.02. The molecule has 2 aliphatic rings. The first-order chi connectivity index (χ1) is 12.4. The number of amides is 1. The highest BCUT2D eigenvalue weighted by Gasteiger charge is 2.54. The molecule has 3 rings (SSSR count). The number of sulfonamides is 1. The molecule has 0 aromatic carbocycles. The average Bonchev–Trinajstić information content (AvgIpc) is 2.68. The Morgan fingerprint density at radius 1 is 1.23 bits per heavy atom. The monoisotopic (exact) mass is 448 g/mol. The molecular formula is C15H21BrN4O5S. The van der Waals surface area contributed by atoms with Crippen LogP contribution in [0.1, 0.15) is 12.8 Å². The molecule has 2 N–H and O–H groups in total. The summed E-state index contributed by atoms with van der Waals surface area (Å²) in [4.78, 5) is 18.6. The Kier molecular flexibility index (Phi) is 5.82. The van der Waals surface area contributed by atoms with Crippen LogP contribution in [0.25, 0.3) is 0 Å². The fourth-order valence-corrected chi connectivity index (χ4v) is 5.70. The van der Waals surface area contributed by atoms with Crippen LogP contribution < -0.4 is 10.4 Å². The van der Waals surface area contributed by atoms with Crippen molar-refractivity contribution in [2.45, 2.75) is 17.6 Å². The van der Waals surface area contributed by atoms with Gasteiger partial charge in [-0.3, -0.25) is 10.0 Å². The Bertz CT molecular complexity index is 744. The maximum Gasteiger partial charge on any atom is 0.266 e. The fourth-order valence-electron chi connectivity index (χ4n) is 3.36. The fraction of sp³-hybridized carbons (Fsp3) is 0.600. The second-order valence-electron chi connectivity index (χ2n) is 6.27. The van der Waals surface area contributed by atoms with Crippen LogP contribution in [0.15, 0.2) is 22.8 Å². The Hall–Kier alpha value is -1.27. The van der Waals surface area contributed by atoms with Crippen molar-refractivity contribution in [3.05, 3.63) is 22.8 Å². The normalized spacial score (nSPS) is 21.4. The van der Waals surface area contributed by atoms with Crippen LogP contribution in [0.2, 0.25) is 0 Å². The third-order valence-electron chi connectivity index (χ3n) is 4.92. The van der Waals surface area contributed by atoms with Crippen LogP contribution >= 0.6 is 15.9 Å². The van der Waals surface area contributed by atoms with Crippen molar-refractivity contribution in [2.24, 2.45) is 0 Å². The zero-order valence-corrected chi connectivity index (χ0v) is 16.5. The number of halogens is 1. The number of hydrogen-bond acceptors (Lipinski definition) is 7. The molecule has 2 fully saturated rings. The molecule has 0 spiro atoms. The minimum atomic E-state index is -3.94. The second kappa shape index (κ2) is 7.77. The van der Waals surface area contributed by atoms with E-state index in [2.05, 4.69) is 20.9 Å². The summed E-state index contributed by atoms with van der Waals surface area (Å²) in [5.41, 5.74) is 1.54. The number of carbonyl (C=O) groups excluding carboxylic acids is 1. The summed E-state index contributed by atoms with van der Waals surface area (Å²) in [5.74, 6) is -0.114. The summed E-state index contributed by atoms with van der Waals surface area (Å²) >= 11 is 3.34. The van der Waals surface area contributed by atoms with Crippen LogP contribution in [0.5, 0.6) is 0 Å². The molecule has 2 aliphatic heterocycles. The van der Waals surface area contributed by atoms with E-state index in [1.165, 1.54) is 9.79 Å². The molecule has 0 atom stereocenters.